The van der Waals surface area contributed by atoms with Crippen LogP contribution in [0.3, 0.4) is 0 Å². The lowest BCUT2D eigenvalue weighted by molar-refractivity contribution is -0.136. The molecule has 6 heteroatoms. The summed E-state index contributed by atoms with van der Waals surface area (Å²) in [6.07, 6.45) is 1.78. The van der Waals surface area contributed by atoms with Gasteiger partial charge in [-0.2, -0.15) is 0 Å². The van der Waals surface area contributed by atoms with Crippen molar-refractivity contribution in [1.82, 2.24) is 4.90 Å². The van der Waals surface area contributed by atoms with Crippen LogP contribution in [0.2, 0.25) is 10.0 Å². The summed E-state index contributed by atoms with van der Waals surface area (Å²) in [6, 6.07) is 5.28. The molecular formula is C15H18Cl2N2O2. The Morgan fingerprint density at radius 3 is 2.62 bits per heavy atom. The maximum absolute atomic E-state index is 12.4. The zero-order valence-electron chi connectivity index (χ0n) is 11.8. The fourth-order valence-electron chi connectivity index (χ4n) is 2.61. The van der Waals surface area contributed by atoms with E-state index in [1.165, 1.54) is 0 Å². The zero-order valence-corrected chi connectivity index (χ0v) is 13.3. The maximum atomic E-state index is 12.4. The number of hydrogen-bond acceptors (Lipinski definition) is 2. The third-order valence-corrected chi connectivity index (χ3v) is 4.68. The molecule has 1 saturated heterocycles. The molecule has 0 radical (unpaired) electrons. The molecule has 2 atom stereocenters. The van der Waals surface area contributed by atoms with E-state index in [1.807, 2.05) is 6.92 Å². The van der Waals surface area contributed by atoms with Crippen LogP contribution in [0, 0.1) is 5.92 Å². The molecule has 0 unspecified atom stereocenters. The third-order valence-electron chi connectivity index (χ3n) is 3.94. The minimum absolute atomic E-state index is 0.0214. The van der Waals surface area contributed by atoms with E-state index >= 15 is 0 Å². The van der Waals surface area contributed by atoms with Gasteiger partial charge in [0.1, 0.15) is 0 Å². The second-order valence-electron chi connectivity index (χ2n) is 5.50. The lowest BCUT2D eigenvalue weighted by Gasteiger charge is -2.37. The summed E-state index contributed by atoms with van der Waals surface area (Å²) in [5, 5.41) is 0.900. The van der Waals surface area contributed by atoms with Gasteiger partial charge in [-0.1, -0.05) is 29.3 Å². The lowest BCUT2D eigenvalue weighted by Crippen LogP contribution is -2.49. The highest BCUT2D eigenvalue weighted by Gasteiger charge is 2.31. The fourth-order valence-corrected chi connectivity index (χ4v) is 2.93. The molecular weight excluding hydrogens is 311 g/mol. The predicted molar refractivity (Wildman–Crippen MR) is 83.3 cm³/mol. The van der Waals surface area contributed by atoms with Crippen LogP contribution in [0.1, 0.15) is 25.3 Å². The molecule has 2 rings (SSSR count). The molecule has 0 saturated carbocycles. The molecule has 0 bridgehead atoms. The van der Waals surface area contributed by atoms with Crippen molar-refractivity contribution in [2.24, 2.45) is 11.7 Å². The number of halogens is 2. The van der Waals surface area contributed by atoms with E-state index < -0.39 is 0 Å². The maximum Gasteiger partial charge on any atom is 0.227 e. The van der Waals surface area contributed by atoms with E-state index in [2.05, 4.69) is 0 Å². The van der Waals surface area contributed by atoms with E-state index in [1.54, 1.807) is 23.1 Å². The van der Waals surface area contributed by atoms with Crippen molar-refractivity contribution < 1.29 is 9.59 Å². The molecule has 2 N–H and O–H groups in total. The van der Waals surface area contributed by atoms with Crippen LogP contribution < -0.4 is 5.73 Å². The molecule has 1 aliphatic rings. The number of hydrogen-bond donors (Lipinski definition) is 1. The van der Waals surface area contributed by atoms with Gasteiger partial charge in [0.25, 0.3) is 0 Å². The summed E-state index contributed by atoms with van der Waals surface area (Å²) in [6.45, 7) is 2.39. The second kappa shape index (κ2) is 6.67. The Bertz CT molecular complexity index is 563. The SMILES string of the molecule is C[C@H]1CC[C@@H](C(N)=O)CN1C(=O)Cc1ccc(Cl)c(Cl)c1. The summed E-state index contributed by atoms with van der Waals surface area (Å²) in [7, 11) is 0. The van der Waals surface area contributed by atoms with Gasteiger partial charge in [0.2, 0.25) is 11.8 Å². The van der Waals surface area contributed by atoms with Crippen LogP contribution in [0.5, 0.6) is 0 Å². The van der Waals surface area contributed by atoms with Crippen LogP contribution in [-0.4, -0.2) is 29.3 Å². The van der Waals surface area contributed by atoms with Gasteiger partial charge >= 0.3 is 0 Å². The standard InChI is InChI=1S/C15H18Cl2N2O2/c1-9-2-4-11(15(18)21)8-19(9)14(20)7-10-3-5-12(16)13(17)6-10/h3,5-6,9,11H,2,4,7-8H2,1H3,(H2,18,21)/t9-,11+/m0/s1. The molecule has 0 aliphatic carbocycles. The highest BCUT2D eigenvalue weighted by atomic mass is 35.5. The quantitative estimate of drug-likeness (QED) is 0.927. The average molecular weight is 329 g/mol. The van der Waals surface area contributed by atoms with Gasteiger partial charge in [0, 0.05) is 12.6 Å². The average Bonchev–Trinajstić information content (AvgIpc) is 2.43. The van der Waals surface area contributed by atoms with E-state index in [0.29, 0.717) is 16.6 Å². The first-order chi connectivity index (χ1) is 9.88. The number of primary amides is 1. The third kappa shape index (κ3) is 3.89. The lowest BCUT2D eigenvalue weighted by atomic mass is 9.92. The fraction of sp³-hybridized carbons (Fsp3) is 0.467. The number of carbonyl (C=O) groups is 2. The summed E-state index contributed by atoms with van der Waals surface area (Å²) >= 11 is 11.8. The molecule has 1 fully saturated rings. The van der Waals surface area contributed by atoms with Crippen molar-refractivity contribution in [3.05, 3.63) is 33.8 Å². The first-order valence-electron chi connectivity index (χ1n) is 6.91. The Balaban J connectivity index is 2.07. The van der Waals surface area contributed by atoms with Crippen molar-refractivity contribution in [1.29, 1.82) is 0 Å². The molecule has 0 aromatic heterocycles. The Hall–Kier alpha value is -1.26. The van der Waals surface area contributed by atoms with Crippen molar-refractivity contribution in [2.75, 3.05) is 6.54 Å². The molecule has 21 heavy (non-hydrogen) atoms. The predicted octanol–water partition coefficient (Wildman–Crippen LogP) is 2.65. The monoisotopic (exact) mass is 328 g/mol. The number of rotatable bonds is 3. The minimum Gasteiger partial charge on any atom is -0.369 e. The Morgan fingerprint density at radius 2 is 2.00 bits per heavy atom. The molecule has 2 amide bonds. The number of nitrogens with zero attached hydrogens (tertiary/aromatic N) is 1. The van der Waals surface area contributed by atoms with Crippen LogP contribution in [-0.2, 0) is 16.0 Å². The molecule has 1 aliphatic heterocycles. The highest BCUT2D eigenvalue weighted by molar-refractivity contribution is 6.42. The van der Waals surface area contributed by atoms with Crippen LogP contribution in [0.25, 0.3) is 0 Å². The molecule has 1 aromatic rings. The molecule has 1 aromatic carbocycles. The number of amides is 2. The van der Waals surface area contributed by atoms with Crippen molar-refractivity contribution in [3.8, 4) is 0 Å². The van der Waals surface area contributed by atoms with Gasteiger partial charge in [-0.05, 0) is 37.5 Å². The smallest absolute Gasteiger partial charge is 0.227 e. The van der Waals surface area contributed by atoms with E-state index in [-0.39, 0.29) is 30.2 Å². The van der Waals surface area contributed by atoms with Gasteiger partial charge in [-0.15, -0.1) is 0 Å². The van der Waals surface area contributed by atoms with Crippen LogP contribution >= 0.6 is 23.2 Å². The molecule has 114 valence electrons. The number of carbonyl (C=O) groups excluding carboxylic acids is 2. The van der Waals surface area contributed by atoms with Crippen LogP contribution in [0.15, 0.2) is 18.2 Å². The van der Waals surface area contributed by atoms with E-state index in [4.69, 9.17) is 28.9 Å². The van der Waals surface area contributed by atoms with Gasteiger partial charge in [0.15, 0.2) is 0 Å². The number of benzene rings is 1. The largest absolute Gasteiger partial charge is 0.369 e. The first kappa shape index (κ1) is 16.1. The van der Waals surface area contributed by atoms with Crippen molar-refractivity contribution in [3.63, 3.8) is 0 Å². The highest BCUT2D eigenvalue weighted by Crippen LogP contribution is 2.25. The van der Waals surface area contributed by atoms with Crippen LogP contribution in [0.4, 0.5) is 0 Å². The van der Waals surface area contributed by atoms with Crippen molar-refractivity contribution in [2.45, 2.75) is 32.2 Å². The summed E-state index contributed by atoms with van der Waals surface area (Å²) in [4.78, 5) is 25.5. The van der Waals surface area contributed by atoms with Gasteiger partial charge in [-0.3, -0.25) is 9.59 Å². The Kier molecular flexibility index (Phi) is 5.12. The van der Waals surface area contributed by atoms with Gasteiger partial charge in [-0.25, -0.2) is 0 Å². The normalized spacial score (nSPS) is 22.1. The molecule has 1 heterocycles. The van der Waals surface area contributed by atoms with Gasteiger partial charge < -0.3 is 10.6 Å². The Morgan fingerprint density at radius 1 is 1.29 bits per heavy atom. The minimum atomic E-state index is -0.339. The number of likely N-dealkylation sites (tertiary alicyclic amines) is 1. The summed E-state index contributed by atoms with van der Waals surface area (Å²) in [5.74, 6) is -0.611. The van der Waals surface area contributed by atoms with E-state index in [0.717, 1.165) is 18.4 Å². The van der Waals surface area contributed by atoms with E-state index in [9.17, 15) is 9.59 Å². The molecule has 4 nitrogen and oxygen atoms in total. The summed E-state index contributed by atoms with van der Waals surface area (Å²) < 4.78 is 0. The van der Waals surface area contributed by atoms with Gasteiger partial charge in [0.05, 0.1) is 22.4 Å². The number of piperidine rings is 1. The molecule has 0 spiro atoms. The summed E-state index contributed by atoms with van der Waals surface area (Å²) in [5.41, 5.74) is 6.16. The number of nitrogens with two attached hydrogens (primary N) is 1. The topological polar surface area (TPSA) is 63.4 Å². The first-order valence-corrected chi connectivity index (χ1v) is 7.66. The van der Waals surface area contributed by atoms with Crippen molar-refractivity contribution >= 4 is 35.0 Å². The Labute approximate surface area is 134 Å². The zero-order chi connectivity index (χ0) is 15.6. The second-order valence-corrected chi connectivity index (χ2v) is 6.31.